The summed E-state index contributed by atoms with van der Waals surface area (Å²) in [5, 5.41) is 14.7. The maximum Gasteiger partial charge on any atom is 0.292 e. The smallest absolute Gasteiger partial charge is 0.292 e. The Bertz CT molecular complexity index is 915. The van der Waals surface area contributed by atoms with Crippen LogP contribution in [0.3, 0.4) is 0 Å². The Morgan fingerprint density at radius 3 is 2.48 bits per heavy atom. The summed E-state index contributed by atoms with van der Waals surface area (Å²) >= 11 is 0. The molecule has 1 aliphatic heterocycles. The van der Waals surface area contributed by atoms with E-state index < -0.39 is 0 Å². The number of aromatic nitrogens is 5. The molecule has 10 heteroatoms. The minimum atomic E-state index is -0.225. The molecule has 138 valence electrons. The first-order valence-corrected chi connectivity index (χ1v) is 8.50. The van der Waals surface area contributed by atoms with E-state index in [4.69, 9.17) is 4.52 Å². The molecule has 1 aromatic carbocycles. The predicted octanol–water partition coefficient (Wildman–Crippen LogP) is 0.313. The molecule has 27 heavy (non-hydrogen) atoms. The zero-order chi connectivity index (χ0) is 18.6. The van der Waals surface area contributed by atoms with Crippen molar-refractivity contribution in [3.05, 3.63) is 48.5 Å². The van der Waals surface area contributed by atoms with E-state index in [2.05, 4.69) is 20.7 Å². The molecule has 0 saturated carbocycles. The SMILES string of the molecule is O=C(Cn1cnnn1)N1CCN(C(=O)c2cc(-c3ccccc3)no2)CC1. The Morgan fingerprint density at radius 2 is 1.78 bits per heavy atom. The maximum atomic E-state index is 12.6. The highest BCUT2D eigenvalue weighted by molar-refractivity contribution is 5.92. The lowest BCUT2D eigenvalue weighted by Gasteiger charge is -2.34. The summed E-state index contributed by atoms with van der Waals surface area (Å²) in [6, 6.07) is 11.2. The summed E-state index contributed by atoms with van der Waals surface area (Å²) < 4.78 is 6.61. The Balaban J connectivity index is 1.35. The van der Waals surface area contributed by atoms with Gasteiger partial charge in [0, 0.05) is 37.8 Å². The minimum Gasteiger partial charge on any atom is -0.350 e. The van der Waals surface area contributed by atoms with Gasteiger partial charge >= 0.3 is 0 Å². The van der Waals surface area contributed by atoms with Gasteiger partial charge in [-0.15, -0.1) is 5.10 Å². The molecule has 0 bridgehead atoms. The van der Waals surface area contributed by atoms with Gasteiger partial charge in [0.05, 0.1) is 0 Å². The molecular weight excluding hydrogens is 350 g/mol. The van der Waals surface area contributed by atoms with E-state index in [-0.39, 0.29) is 24.1 Å². The molecule has 0 N–H and O–H groups in total. The standard InChI is InChI=1S/C17H17N7O3/c25-16(11-24-12-18-20-21-24)22-6-8-23(9-7-22)17(26)15-10-14(19-27-15)13-4-2-1-3-5-13/h1-5,10,12H,6-9,11H2. The van der Waals surface area contributed by atoms with Crippen LogP contribution in [0.2, 0.25) is 0 Å². The van der Waals surface area contributed by atoms with Crippen LogP contribution in [0.5, 0.6) is 0 Å². The highest BCUT2D eigenvalue weighted by Gasteiger charge is 2.27. The summed E-state index contributed by atoms with van der Waals surface area (Å²) in [5.41, 5.74) is 1.51. The fraction of sp³-hybridized carbons (Fsp3) is 0.294. The van der Waals surface area contributed by atoms with Crippen molar-refractivity contribution in [1.29, 1.82) is 0 Å². The molecular formula is C17H17N7O3. The summed E-state index contributed by atoms with van der Waals surface area (Å²) in [5.74, 6) is -0.111. The van der Waals surface area contributed by atoms with Gasteiger partial charge in [-0.1, -0.05) is 35.5 Å². The quantitative estimate of drug-likeness (QED) is 0.653. The lowest BCUT2D eigenvalue weighted by atomic mass is 10.1. The van der Waals surface area contributed by atoms with E-state index in [0.29, 0.717) is 31.9 Å². The molecule has 4 rings (SSSR count). The topological polar surface area (TPSA) is 110 Å². The molecule has 3 aromatic rings. The van der Waals surface area contributed by atoms with Crippen LogP contribution in [0, 0.1) is 0 Å². The second-order valence-corrected chi connectivity index (χ2v) is 6.12. The Morgan fingerprint density at radius 1 is 1.04 bits per heavy atom. The third-order valence-electron chi connectivity index (χ3n) is 4.40. The van der Waals surface area contributed by atoms with Gasteiger partial charge in [0.15, 0.2) is 0 Å². The van der Waals surface area contributed by atoms with Crippen molar-refractivity contribution in [3.63, 3.8) is 0 Å². The lowest BCUT2D eigenvalue weighted by Crippen LogP contribution is -2.51. The fourth-order valence-corrected chi connectivity index (χ4v) is 2.93. The number of carbonyl (C=O) groups is 2. The number of piperazine rings is 1. The number of benzene rings is 1. The van der Waals surface area contributed by atoms with Crippen molar-refractivity contribution in [3.8, 4) is 11.3 Å². The van der Waals surface area contributed by atoms with E-state index >= 15 is 0 Å². The molecule has 3 heterocycles. The first kappa shape index (κ1) is 16.9. The second-order valence-electron chi connectivity index (χ2n) is 6.12. The van der Waals surface area contributed by atoms with Gasteiger partial charge in [0.2, 0.25) is 11.7 Å². The van der Waals surface area contributed by atoms with Crippen LogP contribution in [0.4, 0.5) is 0 Å². The fourth-order valence-electron chi connectivity index (χ4n) is 2.93. The molecule has 1 fully saturated rings. The van der Waals surface area contributed by atoms with Crippen molar-refractivity contribution >= 4 is 11.8 Å². The van der Waals surface area contributed by atoms with Gasteiger partial charge in [-0.3, -0.25) is 9.59 Å². The van der Waals surface area contributed by atoms with Crippen molar-refractivity contribution in [2.24, 2.45) is 0 Å². The van der Waals surface area contributed by atoms with E-state index in [1.165, 1.54) is 11.0 Å². The number of amides is 2. The highest BCUT2D eigenvalue weighted by Crippen LogP contribution is 2.20. The number of rotatable bonds is 4. The summed E-state index contributed by atoms with van der Waals surface area (Å²) in [4.78, 5) is 28.2. The zero-order valence-corrected chi connectivity index (χ0v) is 14.4. The molecule has 2 aromatic heterocycles. The van der Waals surface area contributed by atoms with Crippen LogP contribution >= 0.6 is 0 Å². The number of nitrogens with zero attached hydrogens (tertiary/aromatic N) is 7. The molecule has 1 saturated heterocycles. The van der Waals surface area contributed by atoms with Gasteiger partial charge in [-0.05, 0) is 10.4 Å². The van der Waals surface area contributed by atoms with Crippen LogP contribution in [-0.4, -0.2) is 73.2 Å². The normalized spacial score (nSPS) is 14.4. The van der Waals surface area contributed by atoms with Crippen LogP contribution in [0.15, 0.2) is 47.2 Å². The average molecular weight is 367 g/mol. The summed E-state index contributed by atoms with van der Waals surface area (Å²) in [6.07, 6.45) is 1.39. The van der Waals surface area contributed by atoms with E-state index in [1.54, 1.807) is 15.9 Å². The van der Waals surface area contributed by atoms with E-state index in [0.717, 1.165) is 5.56 Å². The molecule has 0 unspecified atom stereocenters. The molecule has 2 amide bonds. The van der Waals surface area contributed by atoms with Gasteiger partial charge in [0.25, 0.3) is 5.91 Å². The Hall–Kier alpha value is -3.56. The number of hydrogen-bond acceptors (Lipinski definition) is 7. The van der Waals surface area contributed by atoms with Crippen molar-refractivity contribution in [2.45, 2.75) is 6.54 Å². The van der Waals surface area contributed by atoms with Gasteiger partial charge in [-0.25, -0.2) is 4.68 Å². The third kappa shape index (κ3) is 3.68. The largest absolute Gasteiger partial charge is 0.350 e. The lowest BCUT2D eigenvalue weighted by molar-refractivity contribution is -0.133. The predicted molar refractivity (Wildman–Crippen MR) is 92.2 cm³/mol. The van der Waals surface area contributed by atoms with E-state index in [1.807, 2.05) is 30.3 Å². The number of carbonyl (C=O) groups excluding carboxylic acids is 2. The molecule has 0 spiro atoms. The molecule has 0 aliphatic carbocycles. The highest BCUT2D eigenvalue weighted by atomic mass is 16.5. The van der Waals surface area contributed by atoms with Gasteiger partial charge in [0.1, 0.15) is 18.6 Å². The maximum absolute atomic E-state index is 12.6. The van der Waals surface area contributed by atoms with Crippen molar-refractivity contribution < 1.29 is 14.1 Å². The first-order chi connectivity index (χ1) is 13.2. The molecule has 0 radical (unpaired) electrons. The average Bonchev–Trinajstić information content (AvgIpc) is 3.40. The number of tetrazole rings is 1. The monoisotopic (exact) mass is 367 g/mol. The van der Waals surface area contributed by atoms with Crippen LogP contribution in [0.1, 0.15) is 10.6 Å². The molecule has 0 atom stereocenters. The summed E-state index contributed by atoms with van der Waals surface area (Å²) in [7, 11) is 0. The zero-order valence-electron chi connectivity index (χ0n) is 14.4. The van der Waals surface area contributed by atoms with Crippen LogP contribution in [0.25, 0.3) is 11.3 Å². The van der Waals surface area contributed by atoms with Crippen molar-refractivity contribution in [2.75, 3.05) is 26.2 Å². The van der Waals surface area contributed by atoms with Gasteiger partial charge in [-0.2, -0.15) is 0 Å². The summed E-state index contributed by atoms with van der Waals surface area (Å²) in [6.45, 7) is 1.85. The van der Waals surface area contributed by atoms with E-state index in [9.17, 15) is 9.59 Å². The van der Waals surface area contributed by atoms with Gasteiger partial charge < -0.3 is 14.3 Å². The second kappa shape index (κ2) is 7.36. The molecule has 10 nitrogen and oxygen atoms in total. The number of hydrogen-bond donors (Lipinski definition) is 0. The molecule has 1 aliphatic rings. The van der Waals surface area contributed by atoms with Crippen molar-refractivity contribution in [1.82, 2.24) is 35.2 Å². The first-order valence-electron chi connectivity index (χ1n) is 8.50. The third-order valence-corrected chi connectivity index (χ3v) is 4.40. The Kier molecular flexibility index (Phi) is 4.60. The van der Waals surface area contributed by atoms with Crippen LogP contribution < -0.4 is 0 Å². The Labute approximate surface area is 154 Å². The van der Waals surface area contributed by atoms with Crippen LogP contribution in [-0.2, 0) is 11.3 Å². The minimum absolute atomic E-state index is 0.0829.